The van der Waals surface area contributed by atoms with Crippen molar-refractivity contribution in [2.75, 3.05) is 40.8 Å². The van der Waals surface area contributed by atoms with Gasteiger partial charge in [0.25, 0.3) is 0 Å². The molecule has 0 aromatic carbocycles. The van der Waals surface area contributed by atoms with Gasteiger partial charge in [0.2, 0.25) is 0 Å². The molecule has 84 valence electrons. The van der Waals surface area contributed by atoms with Crippen LogP contribution in [0.3, 0.4) is 0 Å². The minimum absolute atomic E-state index is 0.0633. The molecule has 14 heavy (non-hydrogen) atoms. The van der Waals surface area contributed by atoms with Gasteiger partial charge in [-0.3, -0.25) is 0 Å². The largest absolute Gasteiger partial charge is 0.380 e. The van der Waals surface area contributed by atoms with Crippen molar-refractivity contribution >= 4 is 6.03 Å². The van der Waals surface area contributed by atoms with Crippen LogP contribution in [0.4, 0.5) is 4.79 Å². The molecule has 1 atom stereocenters. The molecule has 0 saturated heterocycles. The van der Waals surface area contributed by atoms with Crippen LogP contribution < -0.4 is 10.6 Å². The number of hydrogen-bond donors (Lipinski definition) is 2. The third kappa shape index (κ3) is 6.68. The molecule has 0 heterocycles. The minimum Gasteiger partial charge on any atom is -0.380 e. The number of hydrogen-bond acceptors (Lipinski definition) is 3. The molecule has 0 radical (unpaired) electrons. The third-order valence-corrected chi connectivity index (χ3v) is 1.82. The zero-order valence-corrected chi connectivity index (χ0v) is 9.46. The van der Waals surface area contributed by atoms with Gasteiger partial charge in [-0.1, -0.05) is 0 Å². The molecule has 0 bridgehead atoms. The number of nitrogens with zero attached hydrogens (tertiary/aromatic N) is 1. The first-order valence-electron chi connectivity index (χ1n) is 4.76. The molecule has 0 saturated carbocycles. The molecule has 1 unspecified atom stereocenters. The fourth-order valence-electron chi connectivity index (χ4n) is 0.805. The van der Waals surface area contributed by atoms with Crippen LogP contribution in [0.1, 0.15) is 6.92 Å². The van der Waals surface area contributed by atoms with E-state index in [4.69, 9.17) is 4.74 Å². The lowest BCUT2D eigenvalue weighted by molar-refractivity contribution is 0.117. The Morgan fingerprint density at radius 3 is 2.57 bits per heavy atom. The summed E-state index contributed by atoms with van der Waals surface area (Å²) in [6.45, 7) is 4.18. The molecule has 0 rings (SSSR count). The van der Waals surface area contributed by atoms with E-state index in [1.807, 2.05) is 6.92 Å². The van der Waals surface area contributed by atoms with E-state index in [0.717, 1.165) is 13.1 Å². The Balaban J connectivity index is 3.26. The molecule has 2 amide bonds. The highest BCUT2D eigenvalue weighted by molar-refractivity contribution is 5.73. The Morgan fingerprint density at radius 2 is 2.07 bits per heavy atom. The summed E-state index contributed by atoms with van der Waals surface area (Å²) < 4.78 is 5.06. The number of rotatable bonds is 6. The molecule has 0 fully saturated rings. The quantitative estimate of drug-likeness (QED) is 0.592. The van der Waals surface area contributed by atoms with E-state index in [1.165, 1.54) is 4.90 Å². The summed E-state index contributed by atoms with van der Waals surface area (Å²) in [6, 6.07) is -0.0633. The smallest absolute Gasteiger partial charge is 0.316 e. The first kappa shape index (κ1) is 13.2. The highest BCUT2D eigenvalue weighted by Crippen LogP contribution is 1.82. The van der Waals surface area contributed by atoms with Crippen molar-refractivity contribution in [3.05, 3.63) is 0 Å². The number of nitrogens with one attached hydrogen (secondary N) is 2. The fourth-order valence-corrected chi connectivity index (χ4v) is 0.805. The van der Waals surface area contributed by atoms with E-state index in [1.54, 1.807) is 21.2 Å². The lowest BCUT2D eigenvalue weighted by Gasteiger charge is -2.13. The maximum Gasteiger partial charge on any atom is 0.316 e. The number of urea groups is 1. The Kier molecular flexibility index (Phi) is 7.14. The molecule has 0 aliphatic heterocycles. The number of ether oxygens (including phenoxy) is 1. The minimum atomic E-state index is -0.0633. The molecular weight excluding hydrogens is 182 g/mol. The van der Waals surface area contributed by atoms with Crippen molar-refractivity contribution in [1.29, 1.82) is 0 Å². The van der Waals surface area contributed by atoms with E-state index in [0.29, 0.717) is 6.54 Å². The van der Waals surface area contributed by atoms with Crippen LogP contribution in [0.2, 0.25) is 0 Å². The highest BCUT2D eigenvalue weighted by atomic mass is 16.5. The lowest BCUT2D eigenvalue weighted by atomic mass is 10.4. The van der Waals surface area contributed by atoms with Crippen molar-refractivity contribution < 1.29 is 9.53 Å². The second-order valence-electron chi connectivity index (χ2n) is 3.38. The summed E-state index contributed by atoms with van der Waals surface area (Å²) in [7, 11) is 5.12. The van der Waals surface area contributed by atoms with Gasteiger partial charge in [0, 0.05) is 40.8 Å². The molecular formula is C9H21N3O2. The number of carbonyl (C=O) groups is 1. The first-order valence-corrected chi connectivity index (χ1v) is 4.76. The molecule has 0 spiro atoms. The van der Waals surface area contributed by atoms with Crippen LogP contribution in [0.15, 0.2) is 0 Å². The molecule has 0 aliphatic carbocycles. The third-order valence-electron chi connectivity index (χ3n) is 1.82. The Bertz CT molecular complexity index is 162. The molecule has 2 N–H and O–H groups in total. The van der Waals surface area contributed by atoms with Gasteiger partial charge in [0.05, 0.1) is 6.10 Å². The van der Waals surface area contributed by atoms with Crippen molar-refractivity contribution in [3.8, 4) is 0 Å². The van der Waals surface area contributed by atoms with Crippen LogP contribution in [0.25, 0.3) is 0 Å². The van der Waals surface area contributed by atoms with E-state index in [-0.39, 0.29) is 12.1 Å². The van der Waals surface area contributed by atoms with E-state index in [2.05, 4.69) is 10.6 Å². The van der Waals surface area contributed by atoms with Crippen LogP contribution in [0.5, 0.6) is 0 Å². The monoisotopic (exact) mass is 203 g/mol. The van der Waals surface area contributed by atoms with Crippen LogP contribution >= 0.6 is 0 Å². The predicted octanol–water partition coefficient (Wildman–Crippen LogP) is -0.118. The summed E-state index contributed by atoms with van der Waals surface area (Å²) in [6.07, 6.45) is 0.208. The Hall–Kier alpha value is -0.810. The zero-order valence-electron chi connectivity index (χ0n) is 9.46. The summed E-state index contributed by atoms with van der Waals surface area (Å²) in [5.41, 5.74) is 0. The topological polar surface area (TPSA) is 53.6 Å². The average molecular weight is 203 g/mol. The van der Waals surface area contributed by atoms with Gasteiger partial charge in [-0.05, 0) is 6.92 Å². The van der Waals surface area contributed by atoms with Gasteiger partial charge in [0.15, 0.2) is 0 Å². The summed E-state index contributed by atoms with van der Waals surface area (Å²) in [5.74, 6) is 0. The molecule has 5 nitrogen and oxygen atoms in total. The number of methoxy groups -OCH3 is 1. The van der Waals surface area contributed by atoms with Gasteiger partial charge >= 0.3 is 6.03 Å². The van der Waals surface area contributed by atoms with Crippen molar-refractivity contribution in [3.63, 3.8) is 0 Å². The maximum atomic E-state index is 11.1. The first-order chi connectivity index (χ1) is 6.57. The number of amides is 2. The second kappa shape index (κ2) is 7.58. The SMILES string of the molecule is COC(C)CNCCNC(=O)N(C)C. The van der Waals surface area contributed by atoms with Crippen LogP contribution in [0, 0.1) is 0 Å². The van der Waals surface area contributed by atoms with Gasteiger partial charge < -0.3 is 20.3 Å². The highest BCUT2D eigenvalue weighted by Gasteiger charge is 2.01. The van der Waals surface area contributed by atoms with Crippen molar-refractivity contribution in [2.24, 2.45) is 0 Å². The predicted molar refractivity (Wildman–Crippen MR) is 56.4 cm³/mol. The second-order valence-corrected chi connectivity index (χ2v) is 3.38. The van der Waals surface area contributed by atoms with Gasteiger partial charge in [0.1, 0.15) is 0 Å². The maximum absolute atomic E-state index is 11.1. The van der Waals surface area contributed by atoms with Gasteiger partial charge in [-0.25, -0.2) is 4.79 Å². The normalized spacial score (nSPS) is 12.3. The van der Waals surface area contributed by atoms with Gasteiger partial charge in [-0.15, -0.1) is 0 Å². The van der Waals surface area contributed by atoms with E-state index < -0.39 is 0 Å². The summed E-state index contributed by atoms with van der Waals surface area (Å²) >= 11 is 0. The van der Waals surface area contributed by atoms with E-state index >= 15 is 0 Å². The molecule has 0 aromatic heterocycles. The fraction of sp³-hybridized carbons (Fsp3) is 0.889. The molecule has 0 aliphatic rings. The average Bonchev–Trinajstić information content (AvgIpc) is 2.16. The van der Waals surface area contributed by atoms with Crippen LogP contribution in [-0.4, -0.2) is 57.9 Å². The lowest BCUT2D eigenvalue weighted by Crippen LogP contribution is -2.39. The summed E-state index contributed by atoms with van der Waals surface area (Å²) in [5, 5.41) is 5.93. The van der Waals surface area contributed by atoms with E-state index in [9.17, 15) is 4.79 Å². The molecule has 0 aromatic rings. The number of carbonyl (C=O) groups excluding carboxylic acids is 1. The Morgan fingerprint density at radius 1 is 1.43 bits per heavy atom. The van der Waals surface area contributed by atoms with Crippen molar-refractivity contribution in [2.45, 2.75) is 13.0 Å². The molecule has 5 heteroatoms. The van der Waals surface area contributed by atoms with Crippen LogP contribution in [-0.2, 0) is 4.74 Å². The van der Waals surface area contributed by atoms with Gasteiger partial charge in [-0.2, -0.15) is 0 Å². The standard InChI is InChI=1S/C9H21N3O2/c1-8(14-4)7-10-5-6-11-9(13)12(2)3/h8,10H,5-7H2,1-4H3,(H,11,13). The zero-order chi connectivity index (χ0) is 11.0. The van der Waals surface area contributed by atoms with Crippen molar-refractivity contribution in [1.82, 2.24) is 15.5 Å². The Labute approximate surface area is 85.8 Å². The summed E-state index contributed by atoms with van der Waals surface area (Å²) in [4.78, 5) is 12.6.